The molecule has 1 unspecified atom stereocenters. The van der Waals surface area contributed by atoms with E-state index in [0.29, 0.717) is 6.42 Å². The Morgan fingerprint density at radius 1 is 1.10 bits per heavy atom. The first-order valence-corrected chi connectivity index (χ1v) is 7.07. The Labute approximate surface area is 113 Å². The van der Waals surface area contributed by atoms with Crippen LogP contribution in [0.2, 0.25) is 0 Å². The molecule has 0 aromatic heterocycles. The summed E-state index contributed by atoms with van der Waals surface area (Å²) in [7, 11) is -3.94. The zero-order valence-electron chi connectivity index (χ0n) is 10.9. The molecule has 0 aliphatic heterocycles. The Hall–Kier alpha value is -1.35. The molecular formula is C11H13F4NO3S. The van der Waals surface area contributed by atoms with E-state index in [0.717, 1.165) is 7.11 Å². The molecule has 0 spiro atoms. The standard InChI is InChI=1S/C11H13F4NO3S/c1-4-5(2)16-20(17,18)11-8(14)6(12)10(19-3)7(13)9(11)15/h5,16H,4H2,1-3H3. The van der Waals surface area contributed by atoms with E-state index in [2.05, 4.69) is 4.74 Å². The van der Waals surface area contributed by atoms with E-state index in [1.165, 1.54) is 6.92 Å². The average molecular weight is 315 g/mol. The Balaban J connectivity index is 3.55. The predicted molar refractivity (Wildman–Crippen MR) is 62.9 cm³/mol. The van der Waals surface area contributed by atoms with Crippen molar-refractivity contribution in [1.29, 1.82) is 0 Å². The first-order valence-electron chi connectivity index (χ1n) is 5.59. The maximum atomic E-state index is 13.7. The Morgan fingerprint density at radius 3 is 1.90 bits per heavy atom. The Bertz CT molecular complexity index is 590. The summed E-state index contributed by atoms with van der Waals surface area (Å²) in [5.74, 6) is -9.19. The molecule has 1 aromatic carbocycles. The molecule has 0 radical (unpaired) electrons. The number of methoxy groups -OCH3 is 1. The van der Waals surface area contributed by atoms with Crippen LogP contribution in [0, 0.1) is 23.3 Å². The summed E-state index contributed by atoms with van der Waals surface area (Å²) < 4.78 is 83.9. The molecule has 1 N–H and O–H groups in total. The van der Waals surface area contributed by atoms with E-state index in [1.54, 1.807) is 6.92 Å². The van der Waals surface area contributed by atoms with Gasteiger partial charge in [-0.15, -0.1) is 0 Å². The molecule has 0 saturated heterocycles. The molecule has 0 saturated carbocycles. The van der Waals surface area contributed by atoms with Crippen molar-refractivity contribution in [3.8, 4) is 5.75 Å². The maximum absolute atomic E-state index is 13.7. The third-order valence-electron chi connectivity index (χ3n) is 2.62. The summed E-state index contributed by atoms with van der Waals surface area (Å²) in [4.78, 5) is -1.70. The summed E-state index contributed by atoms with van der Waals surface area (Å²) >= 11 is 0. The summed E-state index contributed by atoms with van der Waals surface area (Å²) in [6.45, 7) is 3.05. The highest BCUT2D eigenvalue weighted by Gasteiger charge is 2.34. The predicted octanol–water partition coefficient (Wildman–Crippen LogP) is 2.33. The van der Waals surface area contributed by atoms with Gasteiger partial charge in [-0.3, -0.25) is 0 Å². The number of halogens is 4. The van der Waals surface area contributed by atoms with Gasteiger partial charge in [-0.1, -0.05) is 6.92 Å². The minimum Gasteiger partial charge on any atom is -0.491 e. The topological polar surface area (TPSA) is 55.4 Å². The molecule has 114 valence electrons. The molecule has 9 heteroatoms. The number of hydrogen-bond donors (Lipinski definition) is 1. The fraction of sp³-hybridized carbons (Fsp3) is 0.455. The van der Waals surface area contributed by atoms with Gasteiger partial charge in [0.15, 0.2) is 22.3 Å². The van der Waals surface area contributed by atoms with Crippen molar-refractivity contribution in [3.63, 3.8) is 0 Å². The van der Waals surface area contributed by atoms with E-state index >= 15 is 0 Å². The van der Waals surface area contributed by atoms with Crippen molar-refractivity contribution in [2.24, 2.45) is 0 Å². The van der Waals surface area contributed by atoms with Gasteiger partial charge in [0.25, 0.3) is 0 Å². The van der Waals surface area contributed by atoms with Crippen molar-refractivity contribution in [1.82, 2.24) is 4.72 Å². The number of benzene rings is 1. The molecular weight excluding hydrogens is 302 g/mol. The van der Waals surface area contributed by atoms with Crippen LogP contribution >= 0.6 is 0 Å². The highest BCUT2D eigenvalue weighted by molar-refractivity contribution is 7.89. The van der Waals surface area contributed by atoms with Crippen LogP contribution in [-0.4, -0.2) is 21.6 Å². The van der Waals surface area contributed by atoms with Gasteiger partial charge in [-0.25, -0.2) is 21.9 Å². The van der Waals surface area contributed by atoms with Crippen molar-refractivity contribution >= 4 is 10.0 Å². The zero-order valence-corrected chi connectivity index (χ0v) is 11.7. The number of hydrogen-bond acceptors (Lipinski definition) is 3. The molecule has 0 bridgehead atoms. The van der Waals surface area contributed by atoms with Crippen molar-refractivity contribution in [2.75, 3.05) is 7.11 Å². The smallest absolute Gasteiger partial charge is 0.246 e. The van der Waals surface area contributed by atoms with Crippen LogP contribution in [0.15, 0.2) is 4.90 Å². The van der Waals surface area contributed by atoms with Crippen LogP contribution < -0.4 is 9.46 Å². The molecule has 0 heterocycles. The SMILES string of the molecule is CCC(C)NS(=O)(=O)c1c(F)c(F)c(OC)c(F)c1F. The second kappa shape index (κ2) is 5.96. The number of sulfonamides is 1. The molecule has 0 amide bonds. The lowest BCUT2D eigenvalue weighted by Crippen LogP contribution is -2.33. The average Bonchev–Trinajstić information content (AvgIpc) is 2.36. The zero-order chi connectivity index (χ0) is 15.7. The van der Waals surface area contributed by atoms with Crippen molar-refractivity contribution in [2.45, 2.75) is 31.2 Å². The normalized spacial score (nSPS) is 13.3. The number of nitrogens with one attached hydrogen (secondary N) is 1. The molecule has 20 heavy (non-hydrogen) atoms. The molecule has 1 atom stereocenters. The van der Waals surface area contributed by atoms with Crippen molar-refractivity contribution in [3.05, 3.63) is 23.3 Å². The lowest BCUT2D eigenvalue weighted by Gasteiger charge is -2.15. The monoisotopic (exact) mass is 315 g/mol. The Morgan fingerprint density at radius 2 is 1.55 bits per heavy atom. The summed E-state index contributed by atoms with van der Waals surface area (Å²) in [5, 5.41) is 0. The van der Waals surface area contributed by atoms with Gasteiger partial charge in [0, 0.05) is 6.04 Å². The van der Waals surface area contributed by atoms with Gasteiger partial charge in [-0.2, -0.15) is 8.78 Å². The first-order chi connectivity index (χ1) is 9.17. The lowest BCUT2D eigenvalue weighted by atomic mass is 10.3. The minimum absolute atomic E-state index is 0.323. The van der Waals surface area contributed by atoms with Gasteiger partial charge < -0.3 is 4.74 Å². The van der Waals surface area contributed by atoms with Gasteiger partial charge in [0.05, 0.1) is 7.11 Å². The van der Waals surface area contributed by atoms with Gasteiger partial charge >= 0.3 is 0 Å². The Kier molecular flexibility index (Phi) is 4.98. The second-order valence-corrected chi connectivity index (χ2v) is 5.70. The highest BCUT2D eigenvalue weighted by atomic mass is 32.2. The molecule has 1 rings (SSSR count). The lowest BCUT2D eigenvalue weighted by molar-refractivity contribution is 0.322. The third kappa shape index (κ3) is 2.88. The third-order valence-corrected chi connectivity index (χ3v) is 4.23. The van der Waals surface area contributed by atoms with Crippen LogP contribution in [0.5, 0.6) is 5.75 Å². The van der Waals surface area contributed by atoms with Crippen molar-refractivity contribution < 1.29 is 30.7 Å². The second-order valence-electron chi connectivity index (χ2n) is 4.05. The molecule has 4 nitrogen and oxygen atoms in total. The van der Waals surface area contributed by atoms with Gasteiger partial charge in [0.2, 0.25) is 21.7 Å². The van der Waals surface area contributed by atoms with Crippen LogP contribution in [-0.2, 0) is 10.0 Å². The number of ether oxygens (including phenoxy) is 1. The highest BCUT2D eigenvalue weighted by Crippen LogP contribution is 2.32. The quantitative estimate of drug-likeness (QED) is 0.670. The van der Waals surface area contributed by atoms with Crippen LogP contribution in [0.3, 0.4) is 0 Å². The number of rotatable bonds is 5. The van der Waals surface area contributed by atoms with E-state index in [9.17, 15) is 26.0 Å². The van der Waals surface area contributed by atoms with E-state index < -0.39 is 50.0 Å². The van der Waals surface area contributed by atoms with E-state index in [4.69, 9.17) is 0 Å². The molecule has 1 aromatic rings. The van der Waals surface area contributed by atoms with Gasteiger partial charge in [-0.05, 0) is 13.3 Å². The van der Waals surface area contributed by atoms with E-state index in [1.807, 2.05) is 4.72 Å². The van der Waals surface area contributed by atoms with Crippen LogP contribution in [0.1, 0.15) is 20.3 Å². The largest absolute Gasteiger partial charge is 0.491 e. The summed E-state index contributed by atoms with van der Waals surface area (Å²) in [6, 6.07) is -0.660. The molecule has 0 aliphatic rings. The maximum Gasteiger partial charge on any atom is 0.246 e. The van der Waals surface area contributed by atoms with Gasteiger partial charge in [0.1, 0.15) is 0 Å². The summed E-state index contributed by atoms with van der Waals surface area (Å²) in [6.07, 6.45) is 0.323. The van der Waals surface area contributed by atoms with E-state index in [-0.39, 0.29) is 0 Å². The molecule has 0 aliphatic carbocycles. The minimum atomic E-state index is -4.74. The fourth-order valence-corrected chi connectivity index (χ4v) is 2.88. The fourth-order valence-electron chi connectivity index (χ4n) is 1.41. The molecule has 0 fully saturated rings. The van der Waals surface area contributed by atoms with Crippen LogP contribution in [0.25, 0.3) is 0 Å². The van der Waals surface area contributed by atoms with Crippen LogP contribution in [0.4, 0.5) is 17.6 Å². The first kappa shape index (κ1) is 16.7. The summed E-state index contributed by atoms with van der Waals surface area (Å²) in [5.41, 5.74) is 0.